The molecule has 0 bridgehead atoms. The van der Waals surface area contributed by atoms with Crippen molar-refractivity contribution in [1.82, 2.24) is 5.32 Å². The van der Waals surface area contributed by atoms with Gasteiger partial charge in [0.25, 0.3) is 5.91 Å². The number of ether oxygens (including phenoxy) is 1. The van der Waals surface area contributed by atoms with E-state index >= 15 is 0 Å². The molecule has 1 aromatic rings. The van der Waals surface area contributed by atoms with Crippen LogP contribution >= 0.6 is 0 Å². The van der Waals surface area contributed by atoms with Gasteiger partial charge in [-0.05, 0) is 56.9 Å². The first kappa shape index (κ1) is 16.3. The minimum absolute atomic E-state index is 0.0354. The van der Waals surface area contributed by atoms with Crippen molar-refractivity contribution in [2.45, 2.75) is 50.9 Å². The Morgan fingerprint density at radius 3 is 2.57 bits per heavy atom. The quantitative estimate of drug-likeness (QED) is 0.891. The summed E-state index contributed by atoms with van der Waals surface area (Å²) in [6, 6.07) is 7.76. The topological polar surface area (TPSA) is 61.8 Å². The predicted molar refractivity (Wildman–Crippen MR) is 89.8 cm³/mol. The highest BCUT2D eigenvalue weighted by atomic mass is 16.5. The number of piperidine rings is 1. The number of hydrogen-bond acceptors (Lipinski definition) is 4. The van der Waals surface area contributed by atoms with Crippen LogP contribution in [0.5, 0.6) is 0 Å². The first-order valence-electron chi connectivity index (χ1n) is 8.59. The predicted octanol–water partition coefficient (Wildman–Crippen LogP) is 1.94. The lowest BCUT2D eigenvalue weighted by Crippen LogP contribution is -2.40. The van der Waals surface area contributed by atoms with Crippen LogP contribution in [-0.2, 0) is 4.74 Å². The summed E-state index contributed by atoms with van der Waals surface area (Å²) in [5.74, 6) is -0.0476. The first-order chi connectivity index (χ1) is 11.1. The van der Waals surface area contributed by atoms with E-state index in [-0.39, 0.29) is 24.2 Å². The largest absolute Gasteiger partial charge is 0.393 e. The van der Waals surface area contributed by atoms with Gasteiger partial charge >= 0.3 is 0 Å². The Labute approximate surface area is 137 Å². The van der Waals surface area contributed by atoms with E-state index in [1.165, 1.54) is 0 Å². The van der Waals surface area contributed by atoms with Crippen molar-refractivity contribution in [1.29, 1.82) is 0 Å². The van der Waals surface area contributed by atoms with E-state index in [1.807, 2.05) is 31.2 Å². The van der Waals surface area contributed by atoms with E-state index in [0.29, 0.717) is 5.56 Å². The fourth-order valence-corrected chi connectivity index (χ4v) is 3.33. The number of nitrogens with one attached hydrogen (secondary N) is 1. The maximum Gasteiger partial charge on any atom is 0.251 e. The van der Waals surface area contributed by atoms with Crippen LogP contribution in [0, 0.1) is 0 Å². The Morgan fingerprint density at radius 1 is 1.26 bits per heavy atom. The Hall–Kier alpha value is -1.59. The monoisotopic (exact) mass is 318 g/mol. The molecule has 0 spiro atoms. The van der Waals surface area contributed by atoms with Gasteiger partial charge in [-0.25, -0.2) is 0 Å². The van der Waals surface area contributed by atoms with Crippen LogP contribution in [0.15, 0.2) is 24.3 Å². The molecule has 23 heavy (non-hydrogen) atoms. The zero-order valence-electron chi connectivity index (χ0n) is 13.7. The van der Waals surface area contributed by atoms with Gasteiger partial charge in [0.1, 0.15) is 0 Å². The second-order valence-corrected chi connectivity index (χ2v) is 6.58. The molecule has 5 heteroatoms. The van der Waals surface area contributed by atoms with E-state index in [4.69, 9.17) is 4.74 Å². The van der Waals surface area contributed by atoms with Crippen molar-refractivity contribution < 1.29 is 14.6 Å². The van der Waals surface area contributed by atoms with E-state index in [1.54, 1.807) is 0 Å². The molecule has 0 aliphatic carbocycles. The summed E-state index contributed by atoms with van der Waals surface area (Å²) in [6.07, 6.45) is 3.67. The number of anilines is 1. The van der Waals surface area contributed by atoms with Crippen LogP contribution in [-0.4, -0.2) is 49.0 Å². The zero-order valence-corrected chi connectivity index (χ0v) is 13.7. The maximum absolute atomic E-state index is 12.3. The number of rotatable bonds is 4. The highest BCUT2D eigenvalue weighted by Crippen LogP contribution is 2.21. The number of carbonyl (C=O) groups excluding carboxylic acids is 1. The number of aliphatic hydroxyl groups excluding tert-OH is 1. The summed E-state index contributed by atoms with van der Waals surface area (Å²) in [5, 5.41) is 12.6. The highest BCUT2D eigenvalue weighted by Gasteiger charge is 2.24. The van der Waals surface area contributed by atoms with Crippen molar-refractivity contribution in [3.8, 4) is 0 Å². The molecule has 2 N–H and O–H groups in total. The minimum Gasteiger partial charge on any atom is -0.393 e. The molecule has 0 aromatic heterocycles. The van der Waals surface area contributed by atoms with Gasteiger partial charge in [-0.2, -0.15) is 0 Å². The van der Waals surface area contributed by atoms with E-state index in [9.17, 15) is 9.90 Å². The van der Waals surface area contributed by atoms with E-state index in [0.717, 1.165) is 51.1 Å². The van der Waals surface area contributed by atoms with Gasteiger partial charge in [-0.3, -0.25) is 4.79 Å². The smallest absolute Gasteiger partial charge is 0.251 e. The average molecular weight is 318 g/mol. The van der Waals surface area contributed by atoms with Crippen molar-refractivity contribution in [2.75, 3.05) is 24.6 Å². The average Bonchev–Trinajstić information content (AvgIpc) is 3.10. The lowest BCUT2D eigenvalue weighted by molar-refractivity contribution is 0.0712. The lowest BCUT2D eigenvalue weighted by Gasteiger charge is -2.31. The number of nitrogens with zero attached hydrogens (tertiary/aromatic N) is 1. The third-order valence-corrected chi connectivity index (χ3v) is 4.84. The summed E-state index contributed by atoms with van der Waals surface area (Å²) in [6.45, 7) is 4.52. The van der Waals surface area contributed by atoms with Crippen LogP contribution in [0.2, 0.25) is 0 Å². The van der Waals surface area contributed by atoms with Gasteiger partial charge in [0, 0.05) is 30.9 Å². The van der Waals surface area contributed by atoms with Crippen molar-refractivity contribution in [3.05, 3.63) is 29.8 Å². The molecule has 2 aliphatic rings. The number of benzene rings is 1. The van der Waals surface area contributed by atoms with Crippen molar-refractivity contribution in [2.24, 2.45) is 0 Å². The van der Waals surface area contributed by atoms with Crippen molar-refractivity contribution in [3.63, 3.8) is 0 Å². The zero-order chi connectivity index (χ0) is 16.2. The number of hydrogen-bond donors (Lipinski definition) is 2. The molecule has 1 amide bonds. The van der Waals surface area contributed by atoms with Crippen LogP contribution in [0.4, 0.5) is 5.69 Å². The standard InChI is InChI=1S/C18H26N2O3/c1-13(17-3-2-12-23-17)19-18(22)14-4-6-15(7-5-14)20-10-8-16(21)9-11-20/h4-7,13,16-17,21H,2-3,8-12H2,1H3,(H,19,22). The van der Waals surface area contributed by atoms with Crippen LogP contribution in [0.1, 0.15) is 43.0 Å². The molecule has 2 fully saturated rings. The second kappa shape index (κ2) is 7.32. The van der Waals surface area contributed by atoms with Crippen LogP contribution in [0.25, 0.3) is 0 Å². The summed E-state index contributed by atoms with van der Waals surface area (Å²) >= 11 is 0. The molecule has 5 nitrogen and oxygen atoms in total. The maximum atomic E-state index is 12.3. The molecule has 2 atom stereocenters. The van der Waals surface area contributed by atoms with Gasteiger partial charge in [-0.15, -0.1) is 0 Å². The Balaban J connectivity index is 1.56. The van der Waals surface area contributed by atoms with Crippen molar-refractivity contribution >= 4 is 11.6 Å². The SMILES string of the molecule is CC(NC(=O)c1ccc(N2CCC(O)CC2)cc1)C1CCCO1. The summed E-state index contributed by atoms with van der Waals surface area (Å²) < 4.78 is 5.62. The van der Waals surface area contributed by atoms with E-state index < -0.39 is 0 Å². The Kier molecular flexibility index (Phi) is 5.18. The molecular weight excluding hydrogens is 292 g/mol. The molecular formula is C18H26N2O3. The molecule has 1 aromatic carbocycles. The second-order valence-electron chi connectivity index (χ2n) is 6.58. The van der Waals surface area contributed by atoms with Crippen LogP contribution in [0.3, 0.4) is 0 Å². The third-order valence-electron chi connectivity index (χ3n) is 4.84. The third kappa shape index (κ3) is 4.03. The highest BCUT2D eigenvalue weighted by molar-refractivity contribution is 5.94. The fourth-order valence-electron chi connectivity index (χ4n) is 3.33. The summed E-state index contributed by atoms with van der Waals surface area (Å²) in [5.41, 5.74) is 1.79. The number of aliphatic hydroxyl groups is 1. The molecule has 3 rings (SSSR count). The van der Waals surface area contributed by atoms with Gasteiger partial charge in [0.2, 0.25) is 0 Å². The Bertz CT molecular complexity index is 518. The number of amides is 1. The molecule has 2 aliphatic heterocycles. The summed E-state index contributed by atoms with van der Waals surface area (Å²) in [4.78, 5) is 14.6. The van der Waals surface area contributed by atoms with Crippen LogP contribution < -0.4 is 10.2 Å². The Morgan fingerprint density at radius 2 is 1.96 bits per heavy atom. The lowest BCUT2D eigenvalue weighted by atomic mass is 10.1. The van der Waals surface area contributed by atoms with Gasteiger partial charge in [-0.1, -0.05) is 0 Å². The molecule has 0 radical (unpaired) electrons. The molecule has 126 valence electrons. The van der Waals surface area contributed by atoms with Gasteiger partial charge in [0.15, 0.2) is 0 Å². The van der Waals surface area contributed by atoms with Gasteiger partial charge < -0.3 is 20.1 Å². The first-order valence-corrected chi connectivity index (χ1v) is 8.59. The molecule has 0 saturated carbocycles. The molecule has 2 saturated heterocycles. The molecule has 2 unspecified atom stereocenters. The summed E-state index contributed by atoms with van der Waals surface area (Å²) in [7, 11) is 0. The normalized spacial score (nSPS) is 23.7. The van der Waals surface area contributed by atoms with E-state index in [2.05, 4.69) is 10.2 Å². The van der Waals surface area contributed by atoms with Gasteiger partial charge in [0.05, 0.1) is 18.2 Å². The minimum atomic E-state index is -0.171. The fraction of sp³-hybridized carbons (Fsp3) is 0.611. The number of carbonyl (C=O) groups is 1. The molecule has 2 heterocycles.